The molecule has 0 spiro atoms. The minimum atomic E-state index is -0.975. The maximum Gasteiger partial charge on any atom is 0.306 e. The summed E-state index contributed by atoms with van der Waals surface area (Å²) in [5.41, 5.74) is 0.767. The Hall–Kier alpha value is -2.12. The maximum atomic E-state index is 12.8. The van der Waals surface area contributed by atoms with E-state index in [1.54, 1.807) is 18.2 Å². The van der Waals surface area contributed by atoms with Gasteiger partial charge in [0.2, 0.25) is 5.91 Å². The second-order valence-electron chi connectivity index (χ2n) is 6.68. The van der Waals surface area contributed by atoms with Crippen molar-refractivity contribution in [2.45, 2.75) is 32.8 Å². The molecule has 1 unspecified atom stereocenters. The number of amides is 2. The smallest absolute Gasteiger partial charge is 0.306 e. The maximum absolute atomic E-state index is 12.8. The molecule has 0 aromatic heterocycles. The molecule has 0 bridgehead atoms. The summed E-state index contributed by atoms with van der Waals surface area (Å²) in [7, 11) is 0. The molecule has 7 nitrogen and oxygen atoms in total. The molecule has 1 aromatic carbocycles. The fraction of sp³-hybridized carbons (Fsp3) is 0.500. The zero-order valence-corrected chi connectivity index (χ0v) is 15.6. The van der Waals surface area contributed by atoms with Gasteiger partial charge in [-0.2, -0.15) is 0 Å². The van der Waals surface area contributed by atoms with Crippen LogP contribution in [0.4, 0.5) is 5.69 Å². The topological polar surface area (TPSA) is 95.9 Å². The van der Waals surface area contributed by atoms with Crippen molar-refractivity contribution in [3.05, 3.63) is 28.8 Å². The van der Waals surface area contributed by atoms with Gasteiger partial charge in [-0.15, -0.1) is 0 Å². The van der Waals surface area contributed by atoms with Crippen LogP contribution in [0, 0.1) is 5.92 Å². The lowest BCUT2D eigenvalue weighted by atomic mass is 10.1. The van der Waals surface area contributed by atoms with E-state index >= 15 is 0 Å². The van der Waals surface area contributed by atoms with Crippen molar-refractivity contribution in [2.24, 2.45) is 5.92 Å². The van der Waals surface area contributed by atoms with E-state index in [1.807, 2.05) is 13.8 Å². The van der Waals surface area contributed by atoms with E-state index in [-0.39, 0.29) is 47.9 Å². The summed E-state index contributed by atoms with van der Waals surface area (Å²) in [6.07, 6.45) is -0.326. The van der Waals surface area contributed by atoms with Crippen LogP contribution in [0.15, 0.2) is 18.2 Å². The van der Waals surface area contributed by atoms with Crippen LogP contribution in [0.5, 0.6) is 0 Å². The summed E-state index contributed by atoms with van der Waals surface area (Å²) < 4.78 is 5.38. The number of carbonyl (C=O) groups excluding carboxylic acids is 2. The molecule has 2 rings (SSSR count). The van der Waals surface area contributed by atoms with Gasteiger partial charge in [-0.1, -0.05) is 25.4 Å². The summed E-state index contributed by atoms with van der Waals surface area (Å²) in [6, 6.07) is 4.75. The Labute approximate surface area is 157 Å². The SMILES string of the molecule is CC(C)CC(=O)Nc1ccc(Cl)c(C(=O)N2CCOC(CC(=O)O)C2)c1. The molecule has 8 heteroatoms. The fourth-order valence-electron chi connectivity index (χ4n) is 2.74. The molecule has 1 saturated heterocycles. The Morgan fingerprint density at radius 2 is 2.12 bits per heavy atom. The minimum absolute atomic E-state index is 0.131. The third-order valence-electron chi connectivity index (χ3n) is 3.90. The third-order valence-corrected chi connectivity index (χ3v) is 4.23. The zero-order chi connectivity index (χ0) is 19.3. The van der Waals surface area contributed by atoms with Crippen molar-refractivity contribution < 1.29 is 24.2 Å². The normalized spacial score (nSPS) is 17.2. The highest BCUT2D eigenvalue weighted by Crippen LogP contribution is 2.24. The average molecular weight is 383 g/mol. The van der Waals surface area contributed by atoms with E-state index in [0.29, 0.717) is 18.7 Å². The van der Waals surface area contributed by atoms with Crippen molar-refractivity contribution in [1.29, 1.82) is 0 Å². The van der Waals surface area contributed by atoms with Gasteiger partial charge in [0.15, 0.2) is 0 Å². The Balaban J connectivity index is 2.11. The first-order valence-corrected chi connectivity index (χ1v) is 8.86. The lowest BCUT2D eigenvalue weighted by Gasteiger charge is -2.32. The molecule has 1 fully saturated rings. The van der Waals surface area contributed by atoms with Gasteiger partial charge in [-0.3, -0.25) is 14.4 Å². The summed E-state index contributed by atoms with van der Waals surface area (Å²) in [5, 5.41) is 11.9. The second kappa shape index (κ2) is 9.00. The number of carboxylic acids is 1. The number of benzene rings is 1. The van der Waals surface area contributed by atoms with Gasteiger partial charge in [0.1, 0.15) is 0 Å². The monoisotopic (exact) mass is 382 g/mol. The van der Waals surface area contributed by atoms with Gasteiger partial charge in [0.05, 0.1) is 29.7 Å². The Morgan fingerprint density at radius 3 is 2.77 bits per heavy atom. The molecule has 1 aliphatic heterocycles. The average Bonchev–Trinajstić information content (AvgIpc) is 2.55. The van der Waals surface area contributed by atoms with Crippen LogP contribution >= 0.6 is 11.6 Å². The van der Waals surface area contributed by atoms with Gasteiger partial charge < -0.3 is 20.1 Å². The third kappa shape index (κ3) is 5.71. The number of halogens is 1. The number of hydrogen-bond acceptors (Lipinski definition) is 4. The number of anilines is 1. The molecule has 0 radical (unpaired) electrons. The summed E-state index contributed by atoms with van der Waals surface area (Å²) in [5.74, 6) is -1.19. The number of nitrogens with zero attached hydrogens (tertiary/aromatic N) is 1. The lowest BCUT2D eigenvalue weighted by molar-refractivity contribution is -0.141. The van der Waals surface area contributed by atoms with Crippen molar-refractivity contribution in [2.75, 3.05) is 25.0 Å². The van der Waals surface area contributed by atoms with Crippen molar-refractivity contribution in [3.8, 4) is 0 Å². The van der Waals surface area contributed by atoms with E-state index in [2.05, 4.69) is 5.32 Å². The number of rotatable bonds is 6. The predicted molar refractivity (Wildman–Crippen MR) is 97.4 cm³/mol. The Morgan fingerprint density at radius 1 is 1.38 bits per heavy atom. The van der Waals surface area contributed by atoms with Gasteiger partial charge in [-0.05, 0) is 24.1 Å². The van der Waals surface area contributed by atoms with Gasteiger partial charge >= 0.3 is 5.97 Å². The largest absolute Gasteiger partial charge is 0.481 e. The summed E-state index contributed by atoms with van der Waals surface area (Å²) >= 11 is 6.17. The van der Waals surface area contributed by atoms with Crippen LogP contribution in [0.25, 0.3) is 0 Å². The first kappa shape index (κ1) is 20.2. The highest BCUT2D eigenvalue weighted by atomic mass is 35.5. The van der Waals surface area contributed by atoms with Crippen LogP contribution in [-0.4, -0.2) is 53.6 Å². The van der Waals surface area contributed by atoms with Crippen LogP contribution in [0.1, 0.15) is 37.0 Å². The van der Waals surface area contributed by atoms with Crippen LogP contribution in [0.3, 0.4) is 0 Å². The Kier molecular flexibility index (Phi) is 6.99. The van der Waals surface area contributed by atoms with Gasteiger partial charge in [-0.25, -0.2) is 0 Å². The van der Waals surface area contributed by atoms with Crippen LogP contribution < -0.4 is 5.32 Å². The lowest BCUT2D eigenvalue weighted by Crippen LogP contribution is -2.46. The number of nitrogens with one attached hydrogen (secondary N) is 1. The molecule has 2 amide bonds. The standard InChI is InChI=1S/C18H23ClN2O5/c1-11(2)7-16(22)20-12-3-4-15(19)14(8-12)18(25)21-5-6-26-13(10-21)9-17(23)24/h3-4,8,11,13H,5-7,9-10H2,1-2H3,(H,20,22)(H,23,24). The molecule has 1 heterocycles. The van der Waals surface area contributed by atoms with Crippen molar-refractivity contribution in [3.63, 3.8) is 0 Å². The number of carbonyl (C=O) groups is 3. The number of aliphatic carboxylic acids is 1. The van der Waals surface area contributed by atoms with Crippen molar-refractivity contribution >= 4 is 35.1 Å². The summed E-state index contributed by atoms with van der Waals surface area (Å²) in [6.45, 7) is 4.71. The molecule has 0 saturated carbocycles. The molecule has 0 aliphatic carbocycles. The number of carboxylic acid groups (broad SMARTS) is 1. The number of morpholine rings is 1. The Bertz CT molecular complexity index is 692. The number of hydrogen-bond donors (Lipinski definition) is 2. The van der Waals surface area contributed by atoms with Crippen LogP contribution in [0.2, 0.25) is 5.02 Å². The molecule has 26 heavy (non-hydrogen) atoms. The van der Waals surface area contributed by atoms with Gasteiger partial charge in [0, 0.05) is 25.2 Å². The van der Waals surface area contributed by atoms with Crippen LogP contribution in [-0.2, 0) is 14.3 Å². The quantitative estimate of drug-likeness (QED) is 0.788. The number of ether oxygens (including phenoxy) is 1. The van der Waals surface area contributed by atoms with Crippen molar-refractivity contribution in [1.82, 2.24) is 4.90 Å². The van der Waals surface area contributed by atoms with E-state index < -0.39 is 12.1 Å². The molecule has 1 aromatic rings. The highest BCUT2D eigenvalue weighted by Gasteiger charge is 2.27. The minimum Gasteiger partial charge on any atom is -0.481 e. The van der Waals surface area contributed by atoms with Gasteiger partial charge in [0.25, 0.3) is 5.91 Å². The fourth-order valence-corrected chi connectivity index (χ4v) is 2.94. The second-order valence-corrected chi connectivity index (χ2v) is 7.09. The summed E-state index contributed by atoms with van der Waals surface area (Å²) in [4.78, 5) is 37.1. The van der Waals surface area contributed by atoms with E-state index in [9.17, 15) is 14.4 Å². The van der Waals surface area contributed by atoms with E-state index in [1.165, 1.54) is 4.90 Å². The van der Waals surface area contributed by atoms with E-state index in [4.69, 9.17) is 21.4 Å². The highest BCUT2D eigenvalue weighted by molar-refractivity contribution is 6.34. The van der Waals surface area contributed by atoms with E-state index in [0.717, 1.165) is 0 Å². The molecular formula is C18H23ClN2O5. The molecule has 142 valence electrons. The first-order valence-electron chi connectivity index (χ1n) is 8.48. The first-order chi connectivity index (χ1) is 12.3. The molecule has 1 aliphatic rings. The molecular weight excluding hydrogens is 360 g/mol. The molecule has 2 N–H and O–H groups in total. The predicted octanol–water partition coefficient (Wildman–Crippen LogP) is 2.64. The molecule has 1 atom stereocenters. The zero-order valence-electron chi connectivity index (χ0n) is 14.8.